The lowest BCUT2D eigenvalue weighted by atomic mass is 9.48. The number of hydrogen-bond donors (Lipinski definition) is 1. The third-order valence-corrected chi connectivity index (χ3v) is 10.8. The van der Waals surface area contributed by atoms with Crippen LogP contribution in [0.3, 0.4) is 0 Å². The van der Waals surface area contributed by atoms with Gasteiger partial charge in [0.25, 0.3) is 5.69 Å². The summed E-state index contributed by atoms with van der Waals surface area (Å²) in [7, 11) is 0. The molecule has 5 heteroatoms. The molecule has 3 aromatic rings. The number of non-ortho nitro benzene ring substituents is 1. The van der Waals surface area contributed by atoms with Gasteiger partial charge in [-0.25, -0.2) is 0 Å². The topological polar surface area (TPSA) is 64.4 Å². The molecule has 0 amide bonds. The van der Waals surface area contributed by atoms with E-state index in [0.717, 1.165) is 35.5 Å². The summed E-state index contributed by atoms with van der Waals surface area (Å²) in [6, 6.07) is 22.7. The van der Waals surface area contributed by atoms with Gasteiger partial charge in [0, 0.05) is 23.7 Å². The Bertz CT molecular complexity index is 1440. The summed E-state index contributed by atoms with van der Waals surface area (Å²) in [6.45, 7) is 0.382. The van der Waals surface area contributed by atoms with E-state index in [1.165, 1.54) is 67.5 Å². The molecule has 1 N–H and O–H groups in total. The van der Waals surface area contributed by atoms with Crippen molar-refractivity contribution in [3.05, 3.63) is 111 Å². The lowest BCUT2D eigenvalue weighted by Crippen LogP contribution is -2.48. The maximum Gasteiger partial charge on any atom is 0.269 e. The van der Waals surface area contributed by atoms with Crippen LogP contribution in [-0.4, -0.2) is 4.92 Å². The van der Waals surface area contributed by atoms with Crippen LogP contribution in [0.5, 0.6) is 5.75 Å². The van der Waals surface area contributed by atoms with Crippen molar-refractivity contribution in [1.82, 2.24) is 0 Å². The van der Waals surface area contributed by atoms with Crippen LogP contribution in [0.4, 0.5) is 11.4 Å². The highest BCUT2D eigenvalue weighted by Crippen LogP contribution is 2.61. The zero-order chi connectivity index (χ0) is 26.8. The monoisotopic (exact) mass is 532 g/mol. The molecule has 0 aromatic heterocycles. The first-order chi connectivity index (χ1) is 19.5. The molecule has 40 heavy (non-hydrogen) atoms. The van der Waals surface area contributed by atoms with Gasteiger partial charge in [0.05, 0.1) is 11.0 Å². The molecule has 4 bridgehead atoms. The zero-order valence-electron chi connectivity index (χ0n) is 22.8. The molecule has 204 valence electrons. The molecular weight excluding hydrogens is 496 g/mol. The molecule has 0 spiro atoms. The molecule has 1 aliphatic heterocycles. The quantitative estimate of drug-likeness (QED) is 0.196. The minimum absolute atomic E-state index is 0.0957. The number of rotatable bonds is 6. The molecule has 0 radical (unpaired) electrons. The van der Waals surface area contributed by atoms with E-state index >= 15 is 0 Å². The van der Waals surface area contributed by atoms with Gasteiger partial charge in [0.1, 0.15) is 12.4 Å². The Morgan fingerprint density at radius 3 is 2.27 bits per heavy atom. The summed E-state index contributed by atoms with van der Waals surface area (Å²) < 4.78 is 5.99. The Kier molecular flexibility index (Phi) is 5.58. The van der Waals surface area contributed by atoms with Crippen LogP contribution in [-0.2, 0) is 12.0 Å². The van der Waals surface area contributed by atoms with Crippen LogP contribution in [0.15, 0.2) is 78.9 Å². The van der Waals surface area contributed by atoms with Crippen LogP contribution in [0.25, 0.3) is 0 Å². The predicted octanol–water partition coefficient (Wildman–Crippen LogP) is 8.47. The molecule has 5 nitrogen and oxygen atoms in total. The number of hydrogen-bond acceptors (Lipinski definition) is 4. The van der Waals surface area contributed by atoms with Crippen molar-refractivity contribution in [3.63, 3.8) is 0 Å². The first-order valence-electron chi connectivity index (χ1n) is 15.1. The van der Waals surface area contributed by atoms with Gasteiger partial charge in [-0.1, -0.05) is 36.4 Å². The smallest absolute Gasteiger partial charge is 0.269 e. The van der Waals surface area contributed by atoms with Crippen molar-refractivity contribution in [2.24, 2.45) is 23.7 Å². The second-order valence-corrected chi connectivity index (χ2v) is 13.3. The number of nitrogens with one attached hydrogen (secondary N) is 1. The van der Waals surface area contributed by atoms with Gasteiger partial charge in [-0.3, -0.25) is 10.1 Å². The number of fused-ring (bicyclic) bond motifs is 3. The summed E-state index contributed by atoms with van der Waals surface area (Å²) in [5.41, 5.74) is 7.15. The second-order valence-electron chi connectivity index (χ2n) is 13.3. The SMILES string of the molecule is O=[N+]([O-])c1ccc(COc2ccc(C3Nc4ccc(C56CC7CC(CC(C7)C5)C6)cc4C4C=CCC43)cc2)cc1. The van der Waals surface area contributed by atoms with Gasteiger partial charge in [-0.15, -0.1) is 0 Å². The third-order valence-electron chi connectivity index (χ3n) is 10.8. The van der Waals surface area contributed by atoms with Gasteiger partial charge >= 0.3 is 0 Å². The van der Waals surface area contributed by atoms with E-state index in [1.807, 2.05) is 12.1 Å². The van der Waals surface area contributed by atoms with Crippen LogP contribution < -0.4 is 10.1 Å². The average molecular weight is 533 g/mol. The van der Waals surface area contributed by atoms with Gasteiger partial charge in [-0.2, -0.15) is 0 Å². The van der Waals surface area contributed by atoms with Crippen LogP contribution in [0.1, 0.15) is 79.2 Å². The van der Waals surface area contributed by atoms with Crippen molar-refractivity contribution in [1.29, 1.82) is 0 Å². The molecule has 6 aliphatic rings. The Morgan fingerprint density at radius 2 is 1.60 bits per heavy atom. The summed E-state index contributed by atoms with van der Waals surface area (Å²) in [5, 5.41) is 14.8. The number of anilines is 1. The van der Waals surface area contributed by atoms with E-state index in [1.54, 1.807) is 17.7 Å². The number of benzene rings is 3. The average Bonchev–Trinajstić information content (AvgIpc) is 3.46. The minimum Gasteiger partial charge on any atom is -0.489 e. The van der Waals surface area contributed by atoms with Crippen molar-refractivity contribution >= 4 is 11.4 Å². The number of allylic oxidation sites excluding steroid dienone is 2. The normalized spacial score (nSPS) is 32.8. The Labute approximate surface area is 235 Å². The molecule has 5 aliphatic carbocycles. The highest BCUT2D eigenvalue weighted by molar-refractivity contribution is 5.61. The maximum atomic E-state index is 10.9. The zero-order valence-corrected chi connectivity index (χ0v) is 22.8. The number of nitro groups is 1. The molecule has 0 saturated heterocycles. The van der Waals surface area contributed by atoms with E-state index in [-0.39, 0.29) is 16.7 Å². The highest BCUT2D eigenvalue weighted by atomic mass is 16.6. The van der Waals surface area contributed by atoms with Crippen LogP contribution in [0.2, 0.25) is 0 Å². The predicted molar refractivity (Wildman–Crippen MR) is 157 cm³/mol. The molecule has 1 heterocycles. The van der Waals surface area contributed by atoms with Gasteiger partial charge in [0.15, 0.2) is 0 Å². The van der Waals surface area contributed by atoms with Crippen LogP contribution in [0, 0.1) is 33.8 Å². The fraction of sp³-hybridized carbons (Fsp3) is 0.429. The highest BCUT2D eigenvalue weighted by Gasteiger charge is 2.52. The van der Waals surface area contributed by atoms with Crippen molar-refractivity contribution in [2.75, 3.05) is 5.32 Å². The van der Waals surface area contributed by atoms with E-state index in [4.69, 9.17) is 4.74 Å². The largest absolute Gasteiger partial charge is 0.489 e. The Hall–Kier alpha value is -3.60. The first kappa shape index (κ1) is 24.2. The summed E-state index contributed by atoms with van der Waals surface area (Å²) in [6.07, 6.45) is 14.6. The molecular formula is C35H36N2O3. The fourth-order valence-electron chi connectivity index (χ4n) is 9.37. The molecule has 4 saturated carbocycles. The standard InChI is InChI=1S/C35H36N2O3/c38-37(39)28-9-4-22(5-10-28)21-40-29-11-6-26(7-12-29)34-31-3-1-2-30(31)32-17-27(8-13-33(32)36-34)35-18-23-14-24(19-35)16-25(15-23)20-35/h1-2,4-13,17,23-25,30-31,34,36H,3,14-16,18-21H2. The lowest BCUT2D eigenvalue weighted by molar-refractivity contribution is -0.384. The van der Waals surface area contributed by atoms with Gasteiger partial charge in [0.2, 0.25) is 0 Å². The fourth-order valence-corrected chi connectivity index (χ4v) is 9.37. The number of nitro benzene ring substituents is 1. The Balaban J connectivity index is 1.00. The molecule has 3 aromatic carbocycles. The van der Waals surface area contributed by atoms with Crippen molar-refractivity contribution < 1.29 is 9.66 Å². The van der Waals surface area contributed by atoms with Gasteiger partial charge in [-0.05, 0) is 127 Å². The summed E-state index contributed by atoms with van der Waals surface area (Å²) in [5.74, 6) is 4.68. The summed E-state index contributed by atoms with van der Waals surface area (Å²) in [4.78, 5) is 10.5. The van der Waals surface area contributed by atoms with Gasteiger partial charge < -0.3 is 10.1 Å². The lowest BCUT2D eigenvalue weighted by Gasteiger charge is -2.57. The molecule has 3 unspecified atom stereocenters. The van der Waals surface area contributed by atoms with Crippen molar-refractivity contribution in [3.8, 4) is 5.75 Å². The van der Waals surface area contributed by atoms with Crippen molar-refractivity contribution in [2.45, 2.75) is 68.9 Å². The minimum atomic E-state index is -0.381. The second kappa shape index (κ2) is 9.22. The van der Waals surface area contributed by atoms with E-state index in [9.17, 15) is 10.1 Å². The van der Waals surface area contributed by atoms with E-state index in [2.05, 4.69) is 47.8 Å². The maximum absolute atomic E-state index is 10.9. The molecule has 4 fully saturated rings. The van der Waals surface area contributed by atoms with E-state index in [0.29, 0.717) is 23.9 Å². The van der Waals surface area contributed by atoms with E-state index < -0.39 is 0 Å². The number of nitrogens with zero attached hydrogens (tertiary/aromatic N) is 1. The molecule has 3 atom stereocenters. The Morgan fingerprint density at radius 1 is 0.900 bits per heavy atom. The van der Waals surface area contributed by atoms with Crippen LogP contribution >= 0.6 is 0 Å². The summed E-state index contributed by atoms with van der Waals surface area (Å²) >= 11 is 0. The molecule has 9 rings (SSSR count). The number of ether oxygens (including phenoxy) is 1. The first-order valence-corrected chi connectivity index (χ1v) is 15.1. The third kappa shape index (κ3) is 4.05.